The van der Waals surface area contributed by atoms with E-state index in [0.29, 0.717) is 5.92 Å². The van der Waals surface area contributed by atoms with E-state index in [-0.39, 0.29) is 6.04 Å². The molecule has 1 heterocycles. The van der Waals surface area contributed by atoms with E-state index in [0.717, 1.165) is 9.39 Å². The third-order valence-electron chi connectivity index (χ3n) is 2.82. The van der Waals surface area contributed by atoms with Crippen LogP contribution in [0.2, 0.25) is 0 Å². The van der Waals surface area contributed by atoms with Crippen LogP contribution in [0.1, 0.15) is 25.5 Å². The first-order chi connectivity index (χ1) is 8.11. The maximum absolute atomic E-state index is 6.07. The number of aromatic nitrogens is 2. The van der Waals surface area contributed by atoms with Gasteiger partial charge in [-0.2, -0.15) is 5.10 Å². The summed E-state index contributed by atoms with van der Waals surface area (Å²) in [6.45, 7) is 4.37. The van der Waals surface area contributed by atoms with Crippen LogP contribution in [0, 0.1) is 9.49 Å². The van der Waals surface area contributed by atoms with Gasteiger partial charge in [-0.15, -0.1) is 0 Å². The summed E-state index contributed by atoms with van der Waals surface area (Å²) >= 11 is 2.21. The predicted octanol–water partition coefficient (Wildman–Crippen LogP) is 3.32. The number of nitrogen functional groups attached to an aromatic ring is 1. The minimum Gasteiger partial charge on any atom is -0.383 e. The Kier molecular flexibility index (Phi) is 3.71. The Hall–Kier alpha value is -1.04. The fraction of sp³-hybridized carbons (Fsp3) is 0.308. The lowest BCUT2D eigenvalue weighted by Gasteiger charge is -2.23. The van der Waals surface area contributed by atoms with Crippen molar-refractivity contribution in [3.63, 3.8) is 0 Å². The Morgan fingerprint density at radius 3 is 2.35 bits per heavy atom. The van der Waals surface area contributed by atoms with Crippen molar-refractivity contribution in [1.82, 2.24) is 9.78 Å². The first-order valence-electron chi connectivity index (χ1n) is 5.64. The zero-order valence-electron chi connectivity index (χ0n) is 9.97. The van der Waals surface area contributed by atoms with Crippen molar-refractivity contribution in [3.05, 3.63) is 45.7 Å². The molecular weight excluding hydrogens is 325 g/mol. The van der Waals surface area contributed by atoms with Gasteiger partial charge in [0, 0.05) is 0 Å². The van der Waals surface area contributed by atoms with Crippen LogP contribution in [0.4, 0.5) is 5.82 Å². The van der Waals surface area contributed by atoms with E-state index in [1.54, 1.807) is 0 Å². The average molecular weight is 341 g/mol. The molecule has 2 aromatic rings. The molecule has 0 aliphatic rings. The molecule has 2 rings (SSSR count). The SMILES string of the molecule is CC(C)C(c1ccccc1)n1ncc(I)c1N. The smallest absolute Gasteiger partial charge is 0.135 e. The fourth-order valence-corrected chi connectivity index (χ4v) is 2.40. The van der Waals surface area contributed by atoms with Gasteiger partial charge in [-0.3, -0.25) is 0 Å². The van der Waals surface area contributed by atoms with Crippen LogP contribution >= 0.6 is 22.6 Å². The zero-order chi connectivity index (χ0) is 12.4. The minimum atomic E-state index is 0.194. The molecule has 90 valence electrons. The van der Waals surface area contributed by atoms with Gasteiger partial charge in [0.05, 0.1) is 15.8 Å². The maximum Gasteiger partial charge on any atom is 0.135 e. The molecule has 1 unspecified atom stereocenters. The highest BCUT2D eigenvalue weighted by atomic mass is 127. The summed E-state index contributed by atoms with van der Waals surface area (Å²) in [6.07, 6.45) is 1.81. The first kappa shape index (κ1) is 12.4. The van der Waals surface area contributed by atoms with Gasteiger partial charge in [-0.05, 0) is 34.1 Å². The molecule has 17 heavy (non-hydrogen) atoms. The summed E-state index contributed by atoms with van der Waals surface area (Å²) in [4.78, 5) is 0. The lowest BCUT2D eigenvalue weighted by atomic mass is 9.96. The van der Waals surface area contributed by atoms with Crippen molar-refractivity contribution in [2.75, 3.05) is 5.73 Å². The third kappa shape index (κ3) is 2.46. The summed E-state index contributed by atoms with van der Waals surface area (Å²) in [6, 6.07) is 10.6. The van der Waals surface area contributed by atoms with Crippen molar-refractivity contribution >= 4 is 28.4 Å². The van der Waals surface area contributed by atoms with Gasteiger partial charge in [-0.1, -0.05) is 44.2 Å². The molecule has 1 aromatic heterocycles. The van der Waals surface area contributed by atoms with Crippen molar-refractivity contribution in [2.45, 2.75) is 19.9 Å². The fourth-order valence-electron chi connectivity index (χ4n) is 2.03. The Labute approximate surface area is 115 Å². The second-order valence-corrected chi connectivity index (χ2v) is 5.58. The van der Waals surface area contributed by atoms with Crippen LogP contribution in [0.15, 0.2) is 36.5 Å². The molecule has 0 amide bonds. The number of halogens is 1. The van der Waals surface area contributed by atoms with Crippen LogP contribution in [-0.4, -0.2) is 9.78 Å². The number of hydrogen-bond donors (Lipinski definition) is 1. The molecule has 0 fully saturated rings. The second-order valence-electron chi connectivity index (χ2n) is 4.42. The largest absolute Gasteiger partial charge is 0.383 e. The maximum atomic E-state index is 6.07. The second kappa shape index (κ2) is 5.08. The summed E-state index contributed by atoms with van der Waals surface area (Å²) in [7, 11) is 0. The number of benzene rings is 1. The van der Waals surface area contributed by atoms with Crippen molar-refractivity contribution < 1.29 is 0 Å². The number of anilines is 1. The quantitative estimate of drug-likeness (QED) is 0.871. The Morgan fingerprint density at radius 2 is 1.88 bits per heavy atom. The van der Waals surface area contributed by atoms with Gasteiger partial charge in [-0.25, -0.2) is 4.68 Å². The number of nitrogens with two attached hydrogens (primary N) is 1. The van der Waals surface area contributed by atoms with E-state index >= 15 is 0 Å². The van der Waals surface area contributed by atoms with E-state index in [1.807, 2.05) is 16.9 Å². The standard InChI is InChI=1S/C13H16IN3/c1-9(2)12(10-6-4-3-5-7-10)17-13(15)11(14)8-16-17/h3-9,12H,15H2,1-2H3. The van der Waals surface area contributed by atoms with Crippen molar-refractivity contribution in [3.8, 4) is 0 Å². The van der Waals surface area contributed by atoms with Crippen LogP contribution < -0.4 is 5.73 Å². The normalized spacial score (nSPS) is 12.9. The van der Waals surface area contributed by atoms with E-state index in [9.17, 15) is 0 Å². The molecule has 0 aliphatic carbocycles. The summed E-state index contributed by atoms with van der Waals surface area (Å²) in [5.41, 5.74) is 7.32. The lowest BCUT2D eigenvalue weighted by Crippen LogP contribution is -2.19. The van der Waals surface area contributed by atoms with Crippen molar-refractivity contribution in [2.24, 2.45) is 5.92 Å². The minimum absolute atomic E-state index is 0.194. The number of rotatable bonds is 3. The van der Waals surface area contributed by atoms with E-state index in [1.165, 1.54) is 5.56 Å². The van der Waals surface area contributed by atoms with Crippen LogP contribution in [0.5, 0.6) is 0 Å². The Balaban J connectivity index is 2.47. The highest BCUT2D eigenvalue weighted by Gasteiger charge is 2.21. The first-order valence-corrected chi connectivity index (χ1v) is 6.72. The van der Waals surface area contributed by atoms with E-state index < -0.39 is 0 Å². The average Bonchev–Trinajstić information content (AvgIpc) is 2.63. The van der Waals surface area contributed by atoms with Gasteiger partial charge in [0.2, 0.25) is 0 Å². The molecule has 1 aromatic carbocycles. The molecule has 4 heteroatoms. The molecule has 1 atom stereocenters. The number of hydrogen-bond acceptors (Lipinski definition) is 2. The molecular formula is C13H16IN3. The Bertz CT molecular complexity index is 491. The van der Waals surface area contributed by atoms with Crippen LogP contribution in [0.25, 0.3) is 0 Å². The van der Waals surface area contributed by atoms with Crippen molar-refractivity contribution in [1.29, 1.82) is 0 Å². The molecule has 0 spiro atoms. The van der Waals surface area contributed by atoms with E-state index in [2.05, 4.69) is 65.8 Å². The molecule has 2 N–H and O–H groups in total. The highest BCUT2D eigenvalue weighted by molar-refractivity contribution is 14.1. The van der Waals surface area contributed by atoms with Gasteiger partial charge in [0.25, 0.3) is 0 Å². The topological polar surface area (TPSA) is 43.8 Å². The highest BCUT2D eigenvalue weighted by Crippen LogP contribution is 2.29. The van der Waals surface area contributed by atoms with Crippen LogP contribution in [0.3, 0.4) is 0 Å². The van der Waals surface area contributed by atoms with Gasteiger partial charge in [0.15, 0.2) is 0 Å². The molecule has 0 saturated heterocycles. The monoisotopic (exact) mass is 341 g/mol. The summed E-state index contributed by atoms with van der Waals surface area (Å²) in [5, 5.41) is 4.40. The van der Waals surface area contributed by atoms with Gasteiger partial charge in [0.1, 0.15) is 5.82 Å². The summed E-state index contributed by atoms with van der Waals surface area (Å²) < 4.78 is 2.92. The lowest BCUT2D eigenvalue weighted by molar-refractivity contribution is 0.407. The van der Waals surface area contributed by atoms with Gasteiger partial charge >= 0.3 is 0 Å². The van der Waals surface area contributed by atoms with Gasteiger partial charge < -0.3 is 5.73 Å². The molecule has 3 nitrogen and oxygen atoms in total. The molecule has 0 saturated carbocycles. The van der Waals surface area contributed by atoms with Crippen LogP contribution in [-0.2, 0) is 0 Å². The molecule has 0 radical (unpaired) electrons. The molecule has 0 aliphatic heterocycles. The Morgan fingerprint density at radius 1 is 1.24 bits per heavy atom. The third-order valence-corrected chi connectivity index (χ3v) is 3.65. The van der Waals surface area contributed by atoms with E-state index in [4.69, 9.17) is 5.73 Å². The number of nitrogens with zero attached hydrogens (tertiary/aromatic N) is 2. The molecule has 0 bridgehead atoms. The predicted molar refractivity (Wildman–Crippen MR) is 78.8 cm³/mol. The zero-order valence-corrected chi connectivity index (χ0v) is 12.1. The summed E-state index contributed by atoms with van der Waals surface area (Å²) in [5.74, 6) is 1.18.